The van der Waals surface area contributed by atoms with Crippen LogP contribution < -0.4 is 5.46 Å². The average Bonchev–Trinajstić information content (AvgIpc) is 3.40. The third-order valence-electron chi connectivity index (χ3n) is 7.15. The summed E-state index contributed by atoms with van der Waals surface area (Å²) in [6, 6.07) is 13.9. The molecule has 1 fully saturated rings. The third-order valence-corrected chi connectivity index (χ3v) is 7.65. The van der Waals surface area contributed by atoms with Crippen LogP contribution in [0.3, 0.4) is 0 Å². The molecule has 0 aromatic heterocycles. The van der Waals surface area contributed by atoms with E-state index >= 15 is 0 Å². The van der Waals surface area contributed by atoms with Gasteiger partial charge < -0.3 is 9.31 Å². The zero-order valence-electron chi connectivity index (χ0n) is 19.2. The first kappa shape index (κ1) is 23.1. The van der Waals surface area contributed by atoms with Crippen LogP contribution >= 0.6 is 15.9 Å². The molecule has 0 saturated carbocycles. The summed E-state index contributed by atoms with van der Waals surface area (Å²) in [5, 5.41) is 0. The van der Waals surface area contributed by atoms with E-state index in [-0.39, 0.29) is 12.5 Å². The van der Waals surface area contributed by atoms with E-state index in [4.69, 9.17) is 9.31 Å². The largest absolute Gasteiger partial charge is 0.494 e. The quantitative estimate of drug-likeness (QED) is 0.245. The highest BCUT2D eigenvalue weighted by Crippen LogP contribution is 2.54. The molecule has 0 atom stereocenters. The molecule has 1 saturated heterocycles. The lowest BCUT2D eigenvalue weighted by Gasteiger charge is -2.33. The minimum absolute atomic E-state index is 0.102. The van der Waals surface area contributed by atoms with Gasteiger partial charge in [0.05, 0.1) is 13.2 Å². The van der Waals surface area contributed by atoms with Gasteiger partial charge >= 0.3 is 7.12 Å². The number of hydrogen-bond acceptors (Lipinski definition) is 2. The molecule has 1 heterocycles. The van der Waals surface area contributed by atoms with E-state index in [0.29, 0.717) is 13.2 Å². The summed E-state index contributed by atoms with van der Waals surface area (Å²) >= 11 is 3.78. The summed E-state index contributed by atoms with van der Waals surface area (Å²) in [7, 11) is -0.210. The number of unbranched alkanes of at least 4 members (excludes halogenated alkanes) is 6. The molecule has 4 heteroatoms. The molecule has 0 amide bonds. The Kier molecular flexibility index (Phi) is 7.95. The van der Waals surface area contributed by atoms with E-state index in [2.05, 4.69) is 66.2 Å². The van der Waals surface area contributed by atoms with Gasteiger partial charge in [0.25, 0.3) is 0 Å². The van der Waals surface area contributed by atoms with Gasteiger partial charge in [0.1, 0.15) is 0 Å². The van der Waals surface area contributed by atoms with Gasteiger partial charge in [-0.1, -0.05) is 105 Å². The van der Waals surface area contributed by atoms with Crippen molar-refractivity contribution < 1.29 is 9.31 Å². The Morgan fingerprint density at radius 2 is 1.35 bits per heavy atom. The Hall–Kier alpha value is -1.10. The molecule has 0 bridgehead atoms. The van der Waals surface area contributed by atoms with Crippen molar-refractivity contribution in [2.75, 3.05) is 13.2 Å². The molecule has 0 spiro atoms. The Balaban J connectivity index is 1.76. The van der Waals surface area contributed by atoms with E-state index < -0.39 is 0 Å². The van der Waals surface area contributed by atoms with Gasteiger partial charge in [-0.25, -0.2) is 0 Å². The average molecular weight is 483 g/mol. The lowest BCUT2D eigenvalue weighted by Crippen LogP contribution is -2.34. The molecule has 166 valence electrons. The Morgan fingerprint density at radius 1 is 0.774 bits per heavy atom. The monoisotopic (exact) mass is 482 g/mol. The minimum Gasteiger partial charge on any atom is -0.405 e. The number of benzene rings is 2. The number of hydrogen-bond donors (Lipinski definition) is 0. The van der Waals surface area contributed by atoms with E-state index in [1.807, 2.05) is 0 Å². The van der Waals surface area contributed by atoms with Crippen molar-refractivity contribution in [2.24, 2.45) is 0 Å². The van der Waals surface area contributed by atoms with Crippen molar-refractivity contribution in [3.8, 4) is 11.1 Å². The van der Waals surface area contributed by atoms with Gasteiger partial charge in [-0.2, -0.15) is 0 Å². The first-order valence-electron chi connectivity index (χ1n) is 12.4. The van der Waals surface area contributed by atoms with Crippen molar-refractivity contribution in [2.45, 2.75) is 83.5 Å². The Bertz CT molecular complexity index is 864. The second kappa shape index (κ2) is 10.7. The molecular formula is C27H36BBrO2. The predicted molar refractivity (Wildman–Crippen MR) is 135 cm³/mol. The normalized spacial score (nSPS) is 16.5. The van der Waals surface area contributed by atoms with Crippen LogP contribution in [0.25, 0.3) is 11.1 Å². The maximum Gasteiger partial charge on any atom is 0.494 e. The van der Waals surface area contributed by atoms with Gasteiger partial charge in [0.15, 0.2) is 0 Å². The summed E-state index contributed by atoms with van der Waals surface area (Å²) in [6.07, 6.45) is 12.9. The summed E-state index contributed by atoms with van der Waals surface area (Å²) in [6.45, 7) is 5.97. The van der Waals surface area contributed by atoms with Crippen LogP contribution in [0.15, 0.2) is 40.9 Å². The topological polar surface area (TPSA) is 18.5 Å². The highest BCUT2D eigenvalue weighted by molar-refractivity contribution is 9.10. The van der Waals surface area contributed by atoms with Crippen molar-refractivity contribution in [1.82, 2.24) is 0 Å². The molecule has 0 N–H and O–H groups in total. The van der Waals surface area contributed by atoms with E-state index in [0.717, 1.165) is 0 Å². The fourth-order valence-corrected chi connectivity index (χ4v) is 5.91. The van der Waals surface area contributed by atoms with Crippen LogP contribution in [0.5, 0.6) is 0 Å². The number of fused-ring (bicyclic) bond motifs is 3. The maximum atomic E-state index is 5.86. The maximum absolute atomic E-state index is 5.86. The van der Waals surface area contributed by atoms with Crippen LogP contribution in [-0.2, 0) is 14.7 Å². The minimum atomic E-state index is -0.210. The van der Waals surface area contributed by atoms with Crippen molar-refractivity contribution in [1.29, 1.82) is 0 Å². The number of rotatable bonds is 11. The molecule has 0 unspecified atom stereocenters. The molecule has 31 heavy (non-hydrogen) atoms. The van der Waals surface area contributed by atoms with E-state index in [1.54, 1.807) is 0 Å². The first-order valence-corrected chi connectivity index (χ1v) is 13.2. The molecule has 1 aliphatic carbocycles. The molecule has 4 rings (SSSR count). The fourth-order valence-electron chi connectivity index (χ4n) is 5.55. The standard InChI is InChI=1S/C27H36BBrO2/c1-3-5-7-9-15-27(16-10-8-6-4-2)25-19-21(28-30-17-18-31-28)11-13-23(25)24-14-12-22(29)20-26(24)27/h11-14,19-20H,3-10,15-18H2,1-2H3. The van der Waals surface area contributed by atoms with Gasteiger partial charge in [-0.05, 0) is 52.7 Å². The molecule has 1 aliphatic heterocycles. The Labute approximate surface area is 197 Å². The van der Waals surface area contributed by atoms with Crippen LogP contribution in [0.4, 0.5) is 0 Å². The highest BCUT2D eigenvalue weighted by Gasteiger charge is 2.43. The van der Waals surface area contributed by atoms with Gasteiger partial charge in [-0.15, -0.1) is 0 Å². The summed E-state index contributed by atoms with van der Waals surface area (Å²) in [5.74, 6) is 0. The Morgan fingerprint density at radius 3 is 1.97 bits per heavy atom. The zero-order chi connectivity index (χ0) is 21.7. The SMILES string of the molecule is CCCCCCC1(CCCCCC)c2cc(Br)ccc2-c2ccc(B3OCCO3)cc21. The van der Waals surface area contributed by atoms with Crippen LogP contribution in [0.1, 0.15) is 89.2 Å². The molecular weight excluding hydrogens is 447 g/mol. The van der Waals surface area contributed by atoms with Crippen molar-refractivity contribution >= 4 is 28.5 Å². The van der Waals surface area contributed by atoms with Crippen molar-refractivity contribution in [3.63, 3.8) is 0 Å². The number of halogens is 1. The second-order valence-electron chi connectivity index (χ2n) is 9.27. The molecule has 2 nitrogen and oxygen atoms in total. The van der Waals surface area contributed by atoms with Crippen LogP contribution in [0.2, 0.25) is 0 Å². The lowest BCUT2D eigenvalue weighted by molar-refractivity contribution is 0.365. The van der Waals surface area contributed by atoms with Crippen LogP contribution in [-0.4, -0.2) is 20.3 Å². The van der Waals surface area contributed by atoms with Crippen molar-refractivity contribution in [3.05, 3.63) is 52.0 Å². The zero-order valence-corrected chi connectivity index (χ0v) is 20.8. The molecule has 2 aromatic rings. The van der Waals surface area contributed by atoms with E-state index in [1.165, 1.54) is 96.4 Å². The second-order valence-corrected chi connectivity index (χ2v) is 10.2. The molecule has 2 aromatic carbocycles. The first-order chi connectivity index (χ1) is 15.2. The molecule has 0 radical (unpaired) electrons. The van der Waals surface area contributed by atoms with Gasteiger partial charge in [0.2, 0.25) is 0 Å². The van der Waals surface area contributed by atoms with Gasteiger partial charge in [-0.3, -0.25) is 0 Å². The smallest absolute Gasteiger partial charge is 0.405 e. The van der Waals surface area contributed by atoms with Crippen LogP contribution in [0, 0.1) is 0 Å². The molecule has 2 aliphatic rings. The predicted octanol–water partition coefficient (Wildman–Crippen LogP) is 7.40. The summed E-state index contributed by atoms with van der Waals surface area (Å²) in [5.41, 5.74) is 7.14. The van der Waals surface area contributed by atoms with E-state index in [9.17, 15) is 0 Å². The third kappa shape index (κ3) is 4.82. The summed E-state index contributed by atoms with van der Waals surface area (Å²) < 4.78 is 12.9. The van der Waals surface area contributed by atoms with Gasteiger partial charge in [0, 0.05) is 9.89 Å². The highest BCUT2D eigenvalue weighted by atomic mass is 79.9. The fraction of sp³-hybridized carbons (Fsp3) is 0.556. The summed E-state index contributed by atoms with van der Waals surface area (Å²) in [4.78, 5) is 0. The lowest BCUT2D eigenvalue weighted by atomic mass is 9.68.